The highest BCUT2D eigenvalue weighted by Gasteiger charge is 2.15. The molecule has 39 heavy (non-hydrogen) atoms. The van der Waals surface area contributed by atoms with Gasteiger partial charge in [-0.1, -0.05) is 65.7 Å². The summed E-state index contributed by atoms with van der Waals surface area (Å²) >= 11 is 12.3. The second-order valence-corrected chi connectivity index (χ2v) is 10.0. The maximum absolute atomic E-state index is 6.44. The fraction of sp³-hybridized carbons (Fsp3) is 0.133. The van der Waals surface area contributed by atoms with Gasteiger partial charge in [-0.25, -0.2) is 9.97 Å². The third kappa shape index (κ3) is 6.45. The molecule has 196 valence electrons. The first-order valence-electron chi connectivity index (χ1n) is 12.4. The van der Waals surface area contributed by atoms with Crippen LogP contribution in [0.3, 0.4) is 0 Å². The normalized spacial score (nSPS) is 12.4. The molecule has 0 saturated heterocycles. The van der Waals surface area contributed by atoms with Crippen molar-refractivity contribution in [2.45, 2.75) is 19.4 Å². The van der Waals surface area contributed by atoms with E-state index in [1.807, 2.05) is 43.6 Å². The van der Waals surface area contributed by atoms with Gasteiger partial charge in [0.2, 0.25) is 5.95 Å². The summed E-state index contributed by atoms with van der Waals surface area (Å²) in [6, 6.07) is 23.5. The molecule has 2 heterocycles. The summed E-state index contributed by atoms with van der Waals surface area (Å²) in [5.74, 6) is 0.921. The fourth-order valence-electron chi connectivity index (χ4n) is 4.30. The molecule has 2 aromatic heterocycles. The van der Waals surface area contributed by atoms with Crippen molar-refractivity contribution in [2.75, 3.05) is 5.32 Å². The molecule has 0 aliphatic heterocycles. The minimum absolute atomic E-state index is 0.181. The largest absolute Gasteiger partial charge is 0.383 e. The minimum atomic E-state index is -0.181. The molecule has 1 unspecified atom stereocenters. The van der Waals surface area contributed by atoms with Crippen LogP contribution in [0.25, 0.3) is 11.3 Å². The number of aliphatic imine (C=N–C) groups is 1. The molecule has 0 fully saturated rings. The molecule has 0 amide bonds. The van der Waals surface area contributed by atoms with Crippen molar-refractivity contribution in [3.8, 4) is 11.3 Å². The van der Waals surface area contributed by atoms with E-state index in [0.29, 0.717) is 28.3 Å². The second kappa shape index (κ2) is 11.7. The van der Waals surface area contributed by atoms with E-state index in [9.17, 15) is 0 Å². The van der Waals surface area contributed by atoms with Gasteiger partial charge in [0.25, 0.3) is 0 Å². The lowest BCUT2D eigenvalue weighted by Gasteiger charge is -2.17. The van der Waals surface area contributed by atoms with Crippen LogP contribution in [-0.4, -0.2) is 25.6 Å². The predicted octanol–water partition coefficient (Wildman–Crippen LogP) is 6.93. The molecule has 0 bridgehead atoms. The van der Waals surface area contributed by atoms with E-state index >= 15 is 0 Å². The molecule has 0 aliphatic carbocycles. The number of benzene rings is 3. The molecule has 9 heteroatoms. The molecule has 0 spiro atoms. The molecule has 3 aromatic carbocycles. The molecule has 0 radical (unpaired) electrons. The third-order valence-corrected chi connectivity index (χ3v) is 7.10. The lowest BCUT2D eigenvalue weighted by molar-refractivity contribution is 0.720. The summed E-state index contributed by atoms with van der Waals surface area (Å²) in [5.41, 5.74) is 13.2. The van der Waals surface area contributed by atoms with Crippen LogP contribution in [0.2, 0.25) is 10.0 Å². The number of nitrogens with zero attached hydrogens (tertiary/aromatic N) is 5. The highest BCUT2D eigenvalue weighted by Crippen LogP contribution is 2.29. The Morgan fingerprint density at radius 2 is 1.85 bits per heavy atom. The van der Waals surface area contributed by atoms with Crippen LogP contribution in [-0.2, 0) is 13.5 Å². The number of amidine groups is 1. The van der Waals surface area contributed by atoms with Crippen LogP contribution in [0.1, 0.15) is 28.3 Å². The van der Waals surface area contributed by atoms with E-state index < -0.39 is 0 Å². The summed E-state index contributed by atoms with van der Waals surface area (Å²) < 4.78 is 1.72. The summed E-state index contributed by atoms with van der Waals surface area (Å²) in [6.07, 6.45) is 6.02. The number of anilines is 2. The SMILES string of the molecule is Cc1cc(-c2ccnc(Nc3cnn(C)c3)n2)ccc1CC(N=C(N)c1ccc(Cl)c(Cl)c1)c1ccccc1. The summed E-state index contributed by atoms with van der Waals surface area (Å²) in [6.45, 7) is 2.10. The Morgan fingerprint density at radius 3 is 2.56 bits per heavy atom. The number of nitrogens with one attached hydrogen (secondary N) is 1. The molecule has 0 aliphatic rings. The number of hydrogen-bond acceptors (Lipinski definition) is 5. The van der Waals surface area contributed by atoms with Crippen molar-refractivity contribution >= 4 is 40.7 Å². The molecule has 3 N–H and O–H groups in total. The van der Waals surface area contributed by atoms with Gasteiger partial charge in [-0.05, 0) is 60.4 Å². The van der Waals surface area contributed by atoms with Crippen LogP contribution >= 0.6 is 23.2 Å². The molecule has 0 saturated carbocycles. The van der Waals surface area contributed by atoms with Gasteiger partial charge < -0.3 is 11.1 Å². The Bertz CT molecular complexity index is 1630. The lowest BCUT2D eigenvalue weighted by Crippen LogP contribution is -2.16. The van der Waals surface area contributed by atoms with Gasteiger partial charge in [0, 0.05) is 30.6 Å². The van der Waals surface area contributed by atoms with E-state index in [1.54, 1.807) is 29.2 Å². The average molecular weight is 557 g/mol. The van der Waals surface area contributed by atoms with Gasteiger partial charge >= 0.3 is 0 Å². The number of aryl methyl sites for hydroxylation is 2. The predicted molar refractivity (Wildman–Crippen MR) is 159 cm³/mol. The Kier molecular flexibility index (Phi) is 7.91. The van der Waals surface area contributed by atoms with Crippen molar-refractivity contribution in [2.24, 2.45) is 17.8 Å². The van der Waals surface area contributed by atoms with Gasteiger partial charge in [-0.3, -0.25) is 9.67 Å². The fourth-order valence-corrected chi connectivity index (χ4v) is 4.60. The van der Waals surface area contributed by atoms with Gasteiger partial charge in [0.15, 0.2) is 0 Å². The van der Waals surface area contributed by atoms with Crippen LogP contribution < -0.4 is 11.1 Å². The zero-order valence-corrected chi connectivity index (χ0v) is 23.0. The Balaban J connectivity index is 1.41. The van der Waals surface area contributed by atoms with Crippen LogP contribution in [0, 0.1) is 6.92 Å². The Morgan fingerprint density at radius 1 is 1.03 bits per heavy atom. The van der Waals surface area contributed by atoms with Crippen LogP contribution in [0.5, 0.6) is 0 Å². The second-order valence-electron chi connectivity index (χ2n) is 9.21. The highest BCUT2D eigenvalue weighted by molar-refractivity contribution is 6.42. The standard InChI is InChI=1S/C30H27Cl2N7/c1-19-14-22(27-12-13-34-30(38-27)36-24-17-35-39(2)18-24)9-8-21(19)16-28(20-6-4-3-5-7-20)37-29(33)23-10-11-25(31)26(32)15-23/h3-15,17-18,28H,16H2,1-2H3,(H2,33,37)(H,34,36,38). The lowest BCUT2D eigenvalue weighted by atomic mass is 9.94. The highest BCUT2D eigenvalue weighted by atomic mass is 35.5. The third-order valence-electron chi connectivity index (χ3n) is 6.36. The van der Waals surface area contributed by atoms with Crippen LogP contribution in [0.15, 0.2) is 96.4 Å². The first-order chi connectivity index (χ1) is 18.9. The molecule has 7 nitrogen and oxygen atoms in total. The molecule has 5 rings (SSSR count). The van der Waals surface area contributed by atoms with E-state index in [0.717, 1.165) is 33.6 Å². The maximum atomic E-state index is 6.44. The number of hydrogen-bond donors (Lipinski definition) is 2. The zero-order valence-electron chi connectivity index (χ0n) is 21.5. The van der Waals surface area contributed by atoms with Gasteiger partial charge in [0.1, 0.15) is 5.84 Å². The van der Waals surface area contributed by atoms with Crippen LogP contribution in [0.4, 0.5) is 11.6 Å². The van der Waals surface area contributed by atoms with E-state index in [1.165, 1.54) is 5.56 Å². The van der Waals surface area contributed by atoms with Gasteiger partial charge in [-0.2, -0.15) is 5.10 Å². The summed E-state index contributed by atoms with van der Waals surface area (Å²) in [4.78, 5) is 14.0. The molecule has 1 atom stereocenters. The smallest absolute Gasteiger partial charge is 0.227 e. The molecular formula is C30H27Cl2N7. The number of nitrogens with two attached hydrogens (primary N) is 1. The monoisotopic (exact) mass is 555 g/mol. The van der Waals surface area contributed by atoms with E-state index in [-0.39, 0.29) is 6.04 Å². The number of aromatic nitrogens is 4. The van der Waals surface area contributed by atoms with E-state index in [4.69, 9.17) is 38.9 Å². The van der Waals surface area contributed by atoms with Crippen molar-refractivity contribution in [3.63, 3.8) is 0 Å². The van der Waals surface area contributed by atoms with Gasteiger partial charge in [0.05, 0.1) is 33.7 Å². The summed E-state index contributed by atoms with van der Waals surface area (Å²) in [5, 5.41) is 8.29. The van der Waals surface area contributed by atoms with Crippen molar-refractivity contribution in [3.05, 3.63) is 124 Å². The Labute approximate surface area is 237 Å². The maximum Gasteiger partial charge on any atom is 0.227 e. The average Bonchev–Trinajstić information content (AvgIpc) is 3.35. The first-order valence-corrected chi connectivity index (χ1v) is 13.1. The minimum Gasteiger partial charge on any atom is -0.383 e. The van der Waals surface area contributed by atoms with Crippen molar-refractivity contribution < 1.29 is 0 Å². The quantitative estimate of drug-likeness (QED) is 0.160. The Hall–Kier alpha value is -4.20. The topological polar surface area (TPSA) is 94.0 Å². The van der Waals surface area contributed by atoms with Crippen molar-refractivity contribution in [1.82, 2.24) is 19.7 Å². The number of rotatable bonds is 8. The molecule has 5 aromatic rings. The van der Waals surface area contributed by atoms with Crippen molar-refractivity contribution in [1.29, 1.82) is 0 Å². The van der Waals surface area contributed by atoms with E-state index in [2.05, 4.69) is 52.7 Å². The molecular weight excluding hydrogens is 529 g/mol. The zero-order chi connectivity index (χ0) is 27.4. The first kappa shape index (κ1) is 26.4. The van der Waals surface area contributed by atoms with Gasteiger partial charge in [-0.15, -0.1) is 0 Å². The summed E-state index contributed by atoms with van der Waals surface area (Å²) in [7, 11) is 1.86. The number of halogens is 2.